The summed E-state index contributed by atoms with van der Waals surface area (Å²) in [6.07, 6.45) is 13.0. The summed E-state index contributed by atoms with van der Waals surface area (Å²) in [5.74, 6) is 0.873. The predicted octanol–water partition coefficient (Wildman–Crippen LogP) is 11.0. The second-order valence-corrected chi connectivity index (χ2v) is 12.3. The van der Waals surface area contributed by atoms with Gasteiger partial charge >= 0.3 is 0 Å². The number of hydrogen-bond acceptors (Lipinski definition) is 3. The van der Waals surface area contributed by atoms with Crippen molar-refractivity contribution in [1.82, 2.24) is 9.97 Å². The van der Waals surface area contributed by atoms with Gasteiger partial charge in [-0.1, -0.05) is 109 Å². The minimum absolute atomic E-state index is 0. The zero-order chi connectivity index (χ0) is 31.1. The molecule has 0 unspecified atom stereocenters. The molecule has 0 atom stereocenters. The average molecular weight is 791 g/mol. The number of furan rings is 1. The van der Waals surface area contributed by atoms with E-state index in [9.17, 15) is 0 Å². The van der Waals surface area contributed by atoms with Crippen molar-refractivity contribution >= 4 is 21.9 Å². The fraction of sp³-hybridized carbons (Fsp3) is 0.209. The average Bonchev–Trinajstić information content (AvgIpc) is 3.51. The van der Waals surface area contributed by atoms with Crippen LogP contribution < -0.4 is 0 Å². The number of rotatable bonds is 6. The molecular formula is C43H38IrN2O-2. The van der Waals surface area contributed by atoms with E-state index in [1.807, 2.05) is 60.8 Å². The normalized spacial score (nSPS) is 13.1. The first-order valence-corrected chi connectivity index (χ1v) is 16.5. The fourth-order valence-corrected chi connectivity index (χ4v) is 6.72. The zero-order valence-corrected chi connectivity index (χ0v) is 29.1. The quantitative estimate of drug-likeness (QED) is 0.158. The van der Waals surface area contributed by atoms with Crippen molar-refractivity contribution in [3.05, 3.63) is 156 Å². The molecule has 0 N–H and O–H groups in total. The van der Waals surface area contributed by atoms with Gasteiger partial charge in [0.15, 0.2) is 0 Å². The molecule has 1 saturated carbocycles. The Kier molecular flexibility index (Phi) is 10.7. The minimum Gasteiger partial charge on any atom is -0.501 e. The van der Waals surface area contributed by atoms with Crippen LogP contribution in [-0.4, -0.2) is 9.97 Å². The van der Waals surface area contributed by atoms with Gasteiger partial charge in [0.1, 0.15) is 5.58 Å². The van der Waals surface area contributed by atoms with Crippen LogP contribution in [0.3, 0.4) is 0 Å². The fourth-order valence-electron chi connectivity index (χ4n) is 6.72. The van der Waals surface area contributed by atoms with Crippen LogP contribution in [0.25, 0.3) is 44.5 Å². The third-order valence-corrected chi connectivity index (χ3v) is 9.13. The van der Waals surface area contributed by atoms with Gasteiger partial charge in [0.25, 0.3) is 0 Å². The molecule has 237 valence electrons. The van der Waals surface area contributed by atoms with Crippen LogP contribution in [0.4, 0.5) is 0 Å². The molecule has 4 heteroatoms. The molecule has 1 radical (unpaired) electrons. The second kappa shape index (κ2) is 15.5. The number of aromatic nitrogens is 2. The van der Waals surface area contributed by atoms with Crippen LogP contribution in [0.15, 0.2) is 126 Å². The Labute approximate surface area is 291 Å². The molecule has 0 spiro atoms. The summed E-state index contributed by atoms with van der Waals surface area (Å²) >= 11 is 0. The second-order valence-electron chi connectivity index (χ2n) is 12.3. The molecule has 0 amide bonds. The molecule has 1 aliphatic carbocycles. The van der Waals surface area contributed by atoms with E-state index in [1.54, 1.807) is 6.20 Å². The van der Waals surface area contributed by atoms with E-state index in [4.69, 9.17) is 4.42 Å². The van der Waals surface area contributed by atoms with Crippen molar-refractivity contribution < 1.29 is 24.5 Å². The first kappa shape index (κ1) is 32.6. The SMILES string of the molecule is Cc1cnc(-c2[c-]cccc2)cc1CC1CCCCC1.[Ir].[c-]1ccc2c(oc3cccc(Cc4ccccc4)c32)c1-c1ccccn1. The van der Waals surface area contributed by atoms with Gasteiger partial charge in [0.05, 0.1) is 5.58 Å². The number of fused-ring (bicyclic) bond motifs is 3. The zero-order valence-electron chi connectivity index (χ0n) is 26.7. The van der Waals surface area contributed by atoms with Crippen LogP contribution in [0.2, 0.25) is 0 Å². The standard InChI is InChI=1S/C24H16NO.C19H22N.Ir/c1-2-8-17(9-3-1)16-18-10-6-14-22-23(18)20-12-7-11-19(24(20)26-22)21-13-4-5-15-25-21;1-15-14-20-19(17-10-6-3-7-11-17)13-18(15)12-16-8-4-2-5-9-16;/h1-10,12-15H,16H2;3,6-7,10,13-14,16H,2,4-5,8-9,12H2,1H3;/q2*-1;. The van der Waals surface area contributed by atoms with E-state index < -0.39 is 0 Å². The van der Waals surface area contributed by atoms with E-state index >= 15 is 0 Å². The predicted molar refractivity (Wildman–Crippen MR) is 189 cm³/mol. The maximum atomic E-state index is 6.25. The Morgan fingerprint density at radius 1 is 0.745 bits per heavy atom. The monoisotopic (exact) mass is 791 g/mol. The van der Waals surface area contributed by atoms with Crippen molar-refractivity contribution in [2.45, 2.75) is 51.9 Å². The van der Waals surface area contributed by atoms with Gasteiger partial charge in [-0.2, -0.15) is 0 Å². The van der Waals surface area contributed by atoms with Gasteiger partial charge < -0.3 is 14.4 Å². The van der Waals surface area contributed by atoms with E-state index in [0.717, 1.165) is 51.4 Å². The Hall–Kier alpha value is -4.37. The summed E-state index contributed by atoms with van der Waals surface area (Å²) in [6.45, 7) is 2.18. The van der Waals surface area contributed by atoms with Gasteiger partial charge in [-0.3, -0.25) is 0 Å². The number of aryl methyl sites for hydroxylation is 1. The van der Waals surface area contributed by atoms with Crippen LogP contribution in [-0.2, 0) is 32.9 Å². The Morgan fingerprint density at radius 3 is 2.36 bits per heavy atom. The van der Waals surface area contributed by atoms with Gasteiger partial charge in [-0.15, -0.1) is 54.1 Å². The summed E-state index contributed by atoms with van der Waals surface area (Å²) in [4.78, 5) is 9.04. The van der Waals surface area contributed by atoms with Gasteiger partial charge in [-0.05, 0) is 65.9 Å². The first-order chi connectivity index (χ1) is 22.7. The molecule has 3 nitrogen and oxygen atoms in total. The molecule has 0 aliphatic heterocycles. The molecule has 1 aliphatic rings. The molecule has 3 aromatic heterocycles. The molecule has 1 fully saturated rings. The number of nitrogens with zero attached hydrogens (tertiary/aromatic N) is 2. The maximum absolute atomic E-state index is 6.25. The summed E-state index contributed by atoms with van der Waals surface area (Å²) in [5.41, 5.74) is 11.1. The summed E-state index contributed by atoms with van der Waals surface area (Å²) < 4.78 is 6.25. The van der Waals surface area contributed by atoms with E-state index in [2.05, 4.69) is 83.6 Å². The Bertz CT molecular complexity index is 2030. The first-order valence-electron chi connectivity index (χ1n) is 16.5. The molecule has 4 aromatic carbocycles. The third kappa shape index (κ3) is 7.62. The molecule has 8 rings (SSSR count). The maximum Gasteiger partial charge on any atom is 0.121 e. The summed E-state index contributed by atoms with van der Waals surface area (Å²) in [7, 11) is 0. The van der Waals surface area contributed by atoms with Crippen molar-refractivity contribution in [3.8, 4) is 22.5 Å². The van der Waals surface area contributed by atoms with Crippen molar-refractivity contribution in [2.24, 2.45) is 5.92 Å². The number of hydrogen-bond donors (Lipinski definition) is 0. The van der Waals surface area contributed by atoms with Crippen molar-refractivity contribution in [3.63, 3.8) is 0 Å². The van der Waals surface area contributed by atoms with Gasteiger partial charge in [-0.25, -0.2) is 0 Å². The van der Waals surface area contributed by atoms with Crippen LogP contribution in [0.1, 0.15) is 54.4 Å². The molecule has 0 bridgehead atoms. The Balaban J connectivity index is 0.000000167. The number of benzene rings is 4. The molecule has 47 heavy (non-hydrogen) atoms. The van der Waals surface area contributed by atoms with Crippen molar-refractivity contribution in [1.29, 1.82) is 0 Å². The third-order valence-electron chi connectivity index (χ3n) is 9.13. The van der Waals surface area contributed by atoms with E-state index in [-0.39, 0.29) is 20.1 Å². The van der Waals surface area contributed by atoms with E-state index in [1.165, 1.54) is 66.2 Å². The van der Waals surface area contributed by atoms with Gasteiger partial charge in [0, 0.05) is 37.9 Å². The van der Waals surface area contributed by atoms with E-state index in [0.29, 0.717) is 0 Å². The Morgan fingerprint density at radius 2 is 1.57 bits per heavy atom. The molecular weight excluding hydrogens is 753 g/mol. The van der Waals surface area contributed by atoms with Crippen LogP contribution in [0, 0.1) is 25.0 Å². The smallest absolute Gasteiger partial charge is 0.121 e. The number of pyridine rings is 2. The van der Waals surface area contributed by atoms with Crippen LogP contribution in [0.5, 0.6) is 0 Å². The summed E-state index contributed by atoms with van der Waals surface area (Å²) in [5, 5.41) is 2.29. The molecule has 7 aromatic rings. The molecule has 3 heterocycles. The van der Waals surface area contributed by atoms with Crippen molar-refractivity contribution in [2.75, 3.05) is 0 Å². The van der Waals surface area contributed by atoms with Gasteiger partial charge in [0.2, 0.25) is 0 Å². The summed E-state index contributed by atoms with van der Waals surface area (Å²) in [6, 6.07) is 43.7. The minimum atomic E-state index is 0. The topological polar surface area (TPSA) is 38.9 Å². The van der Waals surface area contributed by atoms with Crippen LogP contribution >= 0.6 is 0 Å². The molecule has 0 saturated heterocycles. The largest absolute Gasteiger partial charge is 0.501 e.